The van der Waals surface area contributed by atoms with Gasteiger partial charge in [0.1, 0.15) is 0 Å². The van der Waals surface area contributed by atoms with Crippen molar-refractivity contribution in [1.82, 2.24) is 24.4 Å². The number of ether oxygens (including phenoxy) is 2. The first kappa shape index (κ1) is 20.6. The smallest absolute Gasteiger partial charge is 0.320 e. The lowest BCUT2D eigenvalue weighted by atomic mass is 10.1. The Morgan fingerprint density at radius 1 is 0.964 bits per heavy atom. The molecule has 0 bridgehead atoms. The van der Waals surface area contributed by atoms with E-state index in [1.807, 2.05) is 4.57 Å². The molecule has 1 saturated heterocycles. The van der Waals surface area contributed by atoms with E-state index in [-0.39, 0.29) is 0 Å². The molecule has 1 aliphatic heterocycles. The molecule has 0 aliphatic carbocycles. The van der Waals surface area contributed by atoms with E-state index in [0.717, 1.165) is 25.8 Å². The van der Waals surface area contributed by atoms with Crippen LogP contribution >= 0.6 is 0 Å². The Bertz CT molecular complexity index is 742. The van der Waals surface area contributed by atoms with E-state index >= 15 is 0 Å². The minimum Gasteiger partial charge on any atom is -0.468 e. The number of fused-ring (bicyclic) bond motifs is 1. The third kappa shape index (κ3) is 5.25. The zero-order valence-corrected chi connectivity index (χ0v) is 17.3. The van der Waals surface area contributed by atoms with Crippen molar-refractivity contribution < 1.29 is 9.47 Å². The molecular formula is C20H34N6O2. The monoisotopic (exact) mass is 390 g/mol. The van der Waals surface area contributed by atoms with Crippen molar-refractivity contribution in [3.05, 3.63) is 0 Å². The number of nitrogen functional groups attached to an aromatic ring is 1. The molecule has 3 rings (SSSR count). The molecule has 1 aliphatic rings. The summed E-state index contributed by atoms with van der Waals surface area (Å²) in [6, 6.07) is 0.838. The molecule has 2 N–H and O–H groups in total. The predicted molar refractivity (Wildman–Crippen MR) is 111 cm³/mol. The highest BCUT2D eigenvalue weighted by molar-refractivity contribution is 5.83. The second kappa shape index (κ2) is 10.5. The number of piperidine rings is 1. The molecule has 0 aromatic carbocycles. The number of likely N-dealkylation sites (tertiary alicyclic amines) is 1. The van der Waals surface area contributed by atoms with Gasteiger partial charge in [0.15, 0.2) is 17.0 Å². The van der Waals surface area contributed by atoms with Gasteiger partial charge in [0.25, 0.3) is 6.01 Å². The molecule has 1 fully saturated rings. The van der Waals surface area contributed by atoms with Gasteiger partial charge in [-0.3, -0.25) is 4.57 Å². The second-order valence-electron chi connectivity index (χ2n) is 7.48. The van der Waals surface area contributed by atoms with Gasteiger partial charge in [-0.2, -0.15) is 15.0 Å². The number of methoxy groups -OCH3 is 1. The molecule has 28 heavy (non-hydrogen) atoms. The molecule has 8 heteroatoms. The van der Waals surface area contributed by atoms with Gasteiger partial charge < -0.3 is 20.1 Å². The molecule has 156 valence electrons. The maximum absolute atomic E-state index is 6.09. The van der Waals surface area contributed by atoms with Crippen LogP contribution in [0.5, 0.6) is 12.0 Å². The van der Waals surface area contributed by atoms with E-state index in [4.69, 9.17) is 15.2 Å². The van der Waals surface area contributed by atoms with Gasteiger partial charge in [0.05, 0.1) is 13.7 Å². The van der Waals surface area contributed by atoms with Crippen LogP contribution in [-0.2, 0) is 6.54 Å². The second-order valence-corrected chi connectivity index (χ2v) is 7.48. The summed E-state index contributed by atoms with van der Waals surface area (Å²) in [5.74, 6) is 0.332. The van der Waals surface area contributed by atoms with Crippen LogP contribution in [-0.4, -0.2) is 57.8 Å². The van der Waals surface area contributed by atoms with Gasteiger partial charge in [0.2, 0.25) is 0 Å². The maximum Gasteiger partial charge on any atom is 0.320 e. The number of anilines is 1. The van der Waals surface area contributed by atoms with Crippen LogP contribution < -0.4 is 15.2 Å². The lowest BCUT2D eigenvalue weighted by molar-refractivity contribution is 0.223. The van der Waals surface area contributed by atoms with E-state index < -0.39 is 0 Å². The van der Waals surface area contributed by atoms with Crippen molar-refractivity contribution >= 4 is 17.0 Å². The highest BCUT2D eigenvalue weighted by atomic mass is 16.5. The SMILES string of the molecule is CCCCOc1nc(N)c2nc(OC)n(CCCCCN3CCCCC3)c2n1. The van der Waals surface area contributed by atoms with E-state index in [1.54, 1.807) is 7.11 Å². The van der Waals surface area contributed by atoms with E-state index in [1.165, 1.54) is 51.7 Å². The van der Waals surface area contributed by atoms with Crippen LogP contribution in [0.3, 0.4) is 0 Å². The summed E-state index contributed by atoms with van der Waals surface area (Å²) in [6.45, 7) is 7.22. The summed E-state index contributed by atoms with van der Waals surface area (Å²) in [5.41, 5.74) is 7.35. The average molecular weight is 391 g/mol. The summed E-state index contributed by atoms with van der Waals surface area (Å²) in [4.78, 5) is 15.8. The number of aromatic nitrogens is 4. The standard InChI is InChI=1S/C20H34N6O2/c1-3-4-15-28-19-23-17(21)16-18(24-19)26(20(22-16)27-2)14-10-6-9-13-25-11-7-5-8-12-25/h3-15H2,1-2H3,(H2,21,23,24). The lowest BCUT2D eigenvalue weighted by Crippen LogP contribution is -2.30. The third-order valence-electron chi connectivity index (χ3n) is 5.28. The lowest BCUT2D eigenvalue weighted by Gasteiger charge is -2.26. The van der Waals surface area contributed by atoms with Crippen molar-refractivity contribution in [2.75, 3.05) is 39.1 Å². The summed E-state index contributed by atoms with van der Waals surface area (Å²) >= 11 is 0. The fourth-order valence-electron chi connectivity index (χ4n) is 3.68. The average Bonchev–Trinajstić information content (AvgIpc) is 3.07. The van der Waals surface area contributed by atoms with Crippen molar-refractivity contribution in [2.24, 2.45) is 0 Å². The first-order valence-electron chi connectivity index (χ1n) is 10.7. The Balaban J connectivity index is 1.61. The van der Waals surface area contributed by atoms with Gasteiger partial charge in [-0.1, -0.05) is 26.2 Å². The highest BCUT2D eigenvalue weighted by Gasteiger charge is 2.18. The Hall–Kier alpha value is -2.09. The molecule has 8 nitrogen and oxygen atoms in total. The van der Waals surface area contributed by atoms with E-state index in [0.29, 0.717) is 35.6 Å². The minimum atomic E-state index is 0.312. The van der Waals surface area contributed by atoms with Crippen LogP contribution in [0.2, 0.25) is 0 Å². The van der Waals surface area contributed by atoms with E-state index in [2.05, 4.69) is 26.8 Å². The number of hydrogen-bond acceptors (Lipinski definition) is 7. The van der Waals surface area contributed by atoms with E-state index in [9.17, 15) is 0 Å². The Morgan fingerprint density at radius 3 is 2.50 bits per heavy atom. The summed E-state index contributed by atoms with van der Waals surface area (Å²) in [5, 5.41) is 0. The molecule has 0 saturated carbocycles. The summed E-state index contributed by atoms with van der Waals surface area (Å²) in [7, 11) is 1.62. The van der Waals surface area contributed by atoms with Crippen molar-refractivity contribution in [1.29, 1.82) is 0 Å². The summed E-state index contributed by atoms with van der Waals surface area (Å²) in [6.07, 6.45) is 9.54. The van der Waals surface area contributed by atoms with Crippen LogP contribution in [0.4, 0.5) is 5.82 Å². The summed E-state index contributed by atoms with van der Waals surface area (Å²) < 4.78 is 13.1. The zero-order chi connectivity index (χ0) is 19.8. The first-order chi connectivity index (χ1) is 13.7. The maximum atomic E-state index is 6.09. The van der Waals surface area contributed by atoms with Crippen molar-refractivity contribution in [2.45, 2.75) is 64.8 Å². The molecule has 0 radical (unpaired) electrons. The molecule has 2 aromatic rings. The molecule has 0 spiro atoms. The Labute approximate surface area is 167 Å². The van der Waals surface area contributed by atoms with Gasteiger partial charge in [-0.25, -0.2) is 0 Å². The fraction of sp³-hybridized carbons (Fsp3) is 0.750. The first-order valence-corrected chi connectivity index (χ1v) is 10.7. The quantitative estimate of drug-likeness (QED) is 0.589. The number of unbranched alkanes of at least 4 members (excludes halogenated alkanes) is 3. The minimum absolute atomic E-state index is 0.312. The van der Waals surface area contributed by atoms with Gasteiger partial charge in [-0.05, 0) is 51.7 Å². The van der Waals surface area contributed by atoms with Crippen LogP contribution in [0.25, 0.3) is 11.2 Å². The molecule has 2 aromatic heterocycles. The molecule has 0 amide bonds. The number of nitrogens with zero attached hydrogens (tertiary/aromatic N) is 5. The molecular weight excluding hydrogens is 356 g/mol. The van der Waals surface area contributed by atoms with Crippen molar-refractivity contribution in [3.8, 4) is 12.0 Å². The van der Waals surface area contributed by atoms with Gasteiger partial charge >= 0.3 is 6.01 Å². The van der Waals surface area contributed by atoms with Crippen LogP contribution in [0.15, 0.2) is 0 Å². The van der Waals surface area contributed by atoms with Gasteiger partial charge in [-0.15, -0.1) is 0 Å². The molecule has 3 heterocycles. The Kier molecular flexibility index (Phi) is 7.71. The van der Waals surface area contributed by atoms with Crippen molar-refractivity contribution in [3.63, 3.8) is 0 Å². The fourth-order valence-corrected chi connectivity index (χ4v) is 3.68. The molecule has 0 atom stereocenters. The van der Waals surface area contributed by atoms with Crippen LogP contribution in [0.1, 0.15) is 58.3 Å². The van der Waals surface area contributed by atoms with Crippen LogP contribution in [0, 0.1) is 0 Å². The highest BCUT2D eigenvalue weighted by Crippen LogP contribution is 2.26. The number of imidazole rings is 1. The van der Waals surface area contributed by atoms with Gasteiger partial charge in [0, 0.05) is 6.54 Å². The largest absolute Gasteiger partial charge is 0.468 e. The zero-order valence-electron chi connectivity index (χ0n) is 17.3. The predicted octanol–water partition coefficient (Wildman–Crippen LogP) is 3.25. The normalized spacial score (nSPS) is 15.2. The number of hydrogen-bond donors (Lipinski definition) is 1. The third-order valence-corrected chi connectivity index (χ3v) is 5.28. The number of aryl methyl sites for hydroxylation is 1. The topological polar surface area (TPSA) is 91.3 Å². The number of rotatable bonds is 11. The molecule has 0 unspecified atom stereocenters. The number of nitrogens with two attached hydrogens (primary N) is 1. The Morgan fingerprint density at radius 2 is 1.75 bits per heavy atom.